The zero-order valence-corrected chi connectivity index (χ0v) is 13.4. The van der Waals surface area contributed by atoms with Gasteiger partial charge in [0.2, 0.25) is 11.8 Å². The zero-order chi connectivity index (χ0) is 17.4. The van der Waals surface area contributed by atoms with Crippen molar-refractivity contribution >= 4 is 34.5 Å². The third-order valence-corrected chi connectivity index (χ3v) is 3.92. The summed E-state index contributed by atoms with van der Waals surface area (Å²) in [4.78, 5) is 32.5. The summed E-state index contributed by atoms with van der Waals surface area (Å²) in [5, 5.41) is 5.44. The van der Waals surface area contributed by atoms with E-state index in [-0.39, 0.29) is 18.4 Å². The van der Waals surface area contributed by atoms with E-state index in [1.807, 2.05) is 35.8 Å². The summed E-state index contributed by atoms with van der Waals surface area (Å²) >= 11 is 0. The SMILES string of the molecule is CCn1c(NC(=O)c2cnc3c(c2)NC(=O)CO3)nc2ccccc21. The number of fused-ring (bicyclic) bond motifs is 2. The molecular formula is C17H15N5O3. The Hall–Kier alpha value is -3.42. The number of hydrogen-bond donors (Lipinski definition) is 2. The topological polar surface area (TPSA) is 98.1 Å². The molecule has 8 heteroatoms. The second kappa shape index (κ2) is 5.90. The minimum Gasteiger partial charge on any atom is -0.466 e. The lowest BCUT2D eigenvalue weighted by Gasteiger charge is -2.17. The van der Waals surface area contributed by atoms with Gasteiger partial charge in [0.05, 0.1) is 16.6 Å². The Morgan fingerprint density at radius 2 is 2.24 bits per heavy atom. The molecular weight excluding hydrogens is 322 g/mol. The summed E-state index contributed by atoms with van der Waals surface area (Å²) < 4.78 is 7.11. The van der Waals surface area contributed by atoms with Gasteiger partial charge in [0.1, 0.15) is 5.69 Å². The first-order chi connectivity index (χ1) is 12.2. The quantitative estimate of drug-likeness (QED) is 0.762. The Balaban J connectivity index is 1.64. The van der Waals surface area contributed by atoms with Gasteiger partial charge in [-0.15, -0.1) is 0 Å². The number of imidazole rings is 1. The molecule has 1 aliphatic heterocycles. The van der Waals surface area contributed by atoms with Crippen molar-refractivity contribution in [3.63, 3.8) is 0 Å². The van der Waals surface area contributed by atoms with Gasteiger partial charge in [-0.25, -0.2) is 9.97 Å². The predicted octanol–water partition coefficient (Wildman–Crippen LogP) is 2.03. The van der Waals surface area contributed by atoms with Gasteiger partial charge in [0.25, 0.3) is 11.8 Å². The number of benzene rings is 1. The number of carbonyl (C=O) groups excluding carboxylic acids is 2. The second-order valence-electron chi connectivity index (χ2n) is 5.54. The molecule has 0 spiro atoms. The molecule has 0 saturated carbocycles. The molecule has 25 heavy (non-hydrogen) atoms. The molecule has 8 nitrogen and oxygen atoms in total. The number of para-hydroxylation sites is 2. The van der Waals surface area contributed by atoms with Crippen LogP contribution in [0.2, 0.25) is 0 Å². The van der Waals surface area contributed by atoms with E-state index in [9.17, 15) is 9.59 Å². The van der Waals surface area contributed by atoms with Crippen molar-refractivity contribution in [1.82, 2.24) is 14.5 Å². The summed E-state index contributed by atoms with van der Waals surface area (Å²) in [6, 6.07) is 9.21. The Labute approximate surface area is 142 Å². The first kappa shape index (κ1) is 15.1. The first-order valence-corrected chi connectivity index (χ1v) is 7.85. The number of aromatic nitrogens is 3. The van der Waals surface area contributed by atoms with Crippen LogP contribution in [0.3, 0.4) is 0 Å². The maximum Gasteiger partial charge on any atom is 0.262 e. The Morgan fingerprint density at radius 1 is 1.40 bits per heavy atom. The molecule has 126 valence electrons. The van der Waals surface area contributed by atoms with Crippen LogP contribution in [0.25, 0.3) is 11.0 Å². The van der Waals surface area contributed by atoms with Crippen molar-refractivity contribution in [3.8, 4) is 5.88 Å². The van der Waals surface area contributed by atoms with E-state index in [0.717, 1.165) is 11.0 Å². The van der Waals surface area contributed by atoms with E-state index in [4.69, 9.17) is 4.74 Å². The van der Waals surface area contributed by atoms with E-state index in [1.165, 1.54) is 12.3 Å². The summed E-state index contributed by atoms with van der Waals surface area (Å²) in [7, 11) is 0. The maximum atomic E-state index is 12.6. The number of hydrogen-bond acceptors (Lipinski definition) is 5. The molecule has 2 N–H and O–H groups in total. The summed E-state index contributed by atoms with van der Waals surface area (Å²) in [5.74, 6) is 0.128. The molecule has 1 aromatic carbocycles. The van der Waals surface area contributed by atoms with E-state index < -0.39 is 0 Å². The van der Waals surface area contributed by atoms with E-state index in [1.54, 1.807) is 0 Å². The summed E-state index contributed by atoms with van der Waals surface area (Å²) in [5.41, 5.74) is 2.44. The summed E-state index contributed by atoms with van der Waals surface area (Å²) in [6.45, 7) is 2.58. The largest absolute Gasteiger partial charge is 0.466 e. The number of rotatable bonds is 3. The molecule has 3 aromatic rings. The van der Waals surface area contributed by atoms with Crippen molar-refractivity contribution in [1.29, 1.82) is 0 Å². The lowest BCUT2D eigenvalue weighted by atomic mass is 10.2. The molecule has 0 atom stereocenters. The Bertz CT molecular complexity index is 995. The van der Waals surface area contributed by atoms with Gasteiger partial charge in [0.15, 0.2) is 6.61 Å². The lowest BCUT2D eigenvalue weighted by Crippen LogP contribution is -2.26. The Morgan fingerprint density at radius 3 is 3.08 bits per heavy atom. The van der Waals surface area contributed by atoms with Gasteiger partial charge < -0.3 is 14.6 Å². The molecule has 0 radical (unpaired) electrons. The Kier molecular flexibility index (Phi) is 3.57. The smallest absolute Gasteiger partial charge is 0.262 e. The molecule has 0 aliphatic carbocycles. The van der Waals surface area contributed by atoms with Crippen molar-refractivity contribution in [2.24, 2.45) is 0 Å². The van der Waals surface area contributed by atoms with Gasteiger partial charge in [-0.3, -0.25) is 14.9 Å². The number of pyridine rings is 1. The molecule has 0 unspecified atom stereocenters. The minimum atomic E-state index is -0.361. The standard InChI is InChI=1S/C17H15N5O3/c1-2-22-13-6-4-3-5-11(13)20-17(22)21-15(24)10-7-12-16(18-8-10)25-9-14(23)19-12/h3-8H,2,9H2,1H3,(H,19,23)(H,20,21,24). The van der Waals surface area contributed by atoms with Gasteiger partial charge in [0, 0.05) is 12.7 Å². The van der Waals surface area contributed by atoms with Gasteiger partial charge in [-0.05, 0) is 25.1 Å². The fourth-order valence-electron chi connectivity index (χ4n) is 2.77. The van der Waals surface area contributed by atoms with Gasteiger partial charge in [-0.1, -0.05) is 12.1 Å². The molecule has 0 saturated heterocycles. The van der Waals surface area contributed by atoms with Gasteiger partial charge in [-0.2, -0.15) is 0 Å². The third-order valence-electron chi connectivity index (χ3n) is 3.92. The highest BCUT2D eigenvalue weighted by atomic mass is 16.5. The normalized spacial score (nSPS) is 13.1. The molecule has 0 fully saturated rings. The fourth-order valence-corrected chi connectivity index (χ4v) is 2.77. The van der Waals surface area contributed by atoms with Crippen LogP contribution in [0.4, 0.5) is 11.6 Å². The van der Waals surface area contributed by atoms with Crippen LogP contribution in [0.1, 0.15) is 17.3 Å². The van der Waals surface area contributed by atoms with E-state index in [2.05, 4.69) is 20.6 Å². The van der Waals surface area contributed by atoms with Crippen molar-refractivity contribution in [2.75, 3.05) is 17.2 Å². The van der Waals surface area contributed by atoms with Crippen molar-refractivity contribution < 1.29 is 14.3 Å². The van der Waals surface area contributed by atoms with Crippen LogP contribution in [0.15, 0.2) is 36.5 Å². The minimum absolute atomic E-state index is 0.0773. The number of ether oxygens (including phenoxy) is 1. The number of carbonyl (C=O) groups is 2. The van der Waals surface area contributed by atoms with Crippen LogP contribution in [-0.2, 0) is 11.3 Å². The monoisotopic (exact) mass is 337 g/mol. The van der Waals surface area contributed by atoms with Gasteiger partial charge >= 0.3 is 0 Å². The third kappa shape index (κ3) is 2.67. The van der Waals surface area contributed by atoms with Crippen LogP contribution in [0.5, 0.6) is 5.88 Å². The zero-order valence-electron chi connectivity index (χ0n) is 13.4. The number of aryl methyl sites for hydroxylation is 1. The van der Waals surface area contributed by atoms with Crippen LogP contribution in [-0.4, -0.2) is 33.0 Å². The average Bonchev–Trinajstić information content (AvgIpc) is 2.97. The summed E-state index contributed by atoms with van der Waals surface area (Å²) in [6.07, 6.45) is 1.41. The number of amides is 2. The lowest BCUT2D eigenvalue weighted by molar-refractivity contribution is -0.118. The highest BCUT2D eigenvalue weighted by Gasteiger charge is 2.20. The average molecular weight is 337 g/mol. The molecule has 4 rings (SSSR count). The predicted molar refractivity (Wildman–Crippen MR) is 91.7 cm³/mol. The number of anilines is 2. The maximum absolute atomic E-state index is 12.6. The first-order valence-electron chi connectivity index (χ1n) is 7.85. The van der Waals surface area contributed by atoms with E-state index in [0.29, 0.717) is 29.6 Å². The molecule has 0 bridgehead atoms. The van der Waals surface area contributed by atoms with Crippen LogP contribution >= 0.6 is 0 Å². The molecule has 3 heterocycles. The van der Waals surface area contributed by atoms with Crippen molar-refractivity contribution in [2.45, 2.75) is 13.5 Å². The molecule has 2 aromatic heterocycles. The highest BCUT2D eigenvalue weighted by Crippen LogP contribution is 2.26. The molecule has 2 amide bonds. The molecule has 1 aliphatic rings. The second-order valence-corrected chi connectivity index (χ2v) is 5.54. The van der Waals surface area contributed by atoms with E-state index >= 15 is 0 Å². The van der Waals surface area contributed by atoms with Crippen LogP contribution in [0, 0.1) is 0 Å². The van der Waals surface area contributed by atoms with Crippen molar-refractivity contribution in [3.05, 3.63) is 42.1 Å². The highest BCUT2D eigenvalue weighted by molar-refractivity contribution is 6.05. The number of nitrogens with one attached hydrogen (secondary N) is 2. The number of nitrogens with zero attached hydrogens (tertiary/aromatic N) is 3. The fraction of sp³-hybridized carbons (Fsp3) is 0.176. The van der Waals surface area contributed by atoms with Crippen LogP contribution < -0.4 is 15.4 Å².